The van der Waals surface area contributed by atoms with E-state index in [0.717, 1.165) is 5.75 Å². The van der Waals surface area contributed by atoms with Crippen molar-refractivity contribution in [1.29, 1.82) is 0 Å². The van der Waals surface area contributed by atoms with Gasteiger partial charge < -0.3 is 9.72 Å². The molecule has 1 aliphatic rings. The van der Waals surface area contributed by atoms with Crippen LogP contribution in [-0.4, -0.2) is 34.0 Å². The van der Waals surface area contributed by atoms with Gasteiger partial charge in [-0.25, -0.2) is 14.4 Å². The molecule has 0 fully saturated rings. The van der Waals surface area contributed by atoms with Crippen LogP contribution in [0, 0.1) is 17.7 Å². The Morgan fingerprint density at radius 1 is 1.37 bits per heavy atom. The van der Waals surface area contributed by atoms with Gasteiger partial charge in [0.05, 0.1) is 5.56 Å². The lowest BCUT2D eigenvalue weighted by atomic mass is 9.77. The second-order valence-electron chi connectivity index (χ2n) is 7.49. The Hall–Kier alpha value is -2.74. The van der Waals surface area contributed by atoms with Crippen molar-refractivity contribution in [3.8, 4) is 0 Å². The summed E-state index contributed by atoms with van der Waals surface area (Å²) in [5.74, 6) is -0.923. The summed E-state index contributed by atoms with van der Waals surface area (Å²) >= 11 is 1.45. The molecular formula is C22H24FN3O3S. The molecule has 0 saturated carbocycles. The number of rotatable bonds is 7. The van der Waals surface area contributed by atoms with Crippen LogP contribution in [-0.2, 0) is 9.53 Å². The van der Waals surface area contributed by atoms with Gasteiger partial charge >= 0.3 is 5.97 Å². The Kier molecular flexibility index (Phi) is 6.87. The molecule has 1 N–H and O–H groups in total. The molecule has 1 aromatic carbocycles. The number of carbonyl (C=O) groups excluding carboxylic acids is 1. The van der Waals surface area contributed by atoms with E-state index >= 15 is 0 Å². The number of aromatic nitrogens is 2. The van der Waals surface area contributed by atoms with Crippen LogP contribution in [0.3, 0.4) is 0 Å². The van der Waals surface area contributed by atoms with Crippen molar-refractivity contribution in [3.63, 3.8) is 0 Å². The molecule has 6 nitrogen and oxygen atoms in total. The maximum Gasteiger partial charge on any atom is 0.315 e. The number of fused-ring (bicyclic) bond motifs is 1. The topological polar surface area (TPSA) is 84.4 Å². The lowest BCUT2D eigenvalue weighted by Gasteiger charge is -2.30. The van der Waals surface area contributed by atoms with Crippen molar-refractivity contribution in [2.24, 2.45) is 16.8 Å². The fourth-order valence-electron chi connectivity index (χ4n) is 3.34. The third-order valence-electron chi connectivity index (χ3n) is 4.67. The highest BCUT2D eigenvalue weighted by molar-refractivity contribution is 7.99. The van der Waals surface area contributed by atoms with E-state index in [0.29, 0.717) is 22.3 Å². The zero-order valence-electron chi connectivity index (χ0n) is 17.1. The van der Waals surface area contributed by atoms with Gasteiger partial charge in [-0.15, -0.1) is 0 Å². The molecule has 8 heteroatoms. The van der Waals surface area contributed by atoms with Gasteiger partial charge in [-0.3, -0.25) is 9.59 Å². The highest BCUT2D eigenvalue weighted by Crippen LogP contribution is 2.40. The molecule has 3 rings (SSSR count). The lowest BCUT2D eigenvalue weighted by molar-refractivity contribution is -0.145. The number of carbonyl (C=O) groups is 1. The number of aromatic amines is 1. The summed E-state index contributed by atoms with van der Waals surface area (Å²) in [5.41, 5.74) is 1.02. The summed E-state index contributed by atoms with van der Waals surface area (Å²) in [4.78, 5) is 37.7. The van der Waals surface area contributed by atoms with Crippen LogP contribution in [0.1, 0.15) is 37.8 Å². The van der Waals surface area contributed by atoms with Gasteiger partial charge in [0.25, 0.3) is 5.56 Å². The number of H-pyrrole nitrogens is 1. The first-order chi connectivity index (χ1) is 14.3. The minimum atomic E-state index is -0.819. The van der Waals surface area contributed by atoms with Crippen molar-refractivity contribution < 1.29 is 13.9 Å². The first-order valence-electron chi connectivity index (χ1n) is 9.67. The smallest absolute Gasteiger partial charge is 0.315 e. The minimum Gasteiger partial charge on any atom is -0.461 e. The Morgan fingerprint density at radius 3 is 2.70 bits per heavy atom. The van der Waals surface area contributed by atoms with Gasteiger partial charge in [-0.1, -0.05) is 50.4 Å². The van der Waals surface area contributed by atoms with E-state index < -0.39 is 23.6 Å². The highest BCUT2D eigenvalue weighted by Gasteiger charge is 2.41. The largest absolute Gasteiger partial charge is 0.461 e. The molecule has 2 heterocycles. The number of nitrogens with one attached hydrogen (secondary N) is 1. The molecule has 1 aliphatic heterocycles. The fourth-order valence-corrected chi connectivity index (χ4v) is 4.15. The lowest BCUT2D eigenvalue weighted by Crippen LogP contribution is -2.37. The Labute approximate surface area is 178 Å². The van der Waals surface area contributed by atoms with Gasteiger partial charge in [-0.2, -0.15) is 0 Å². The summed E-state index contributed by atoms with van der Waals surface area (Å²) < 4.78 is 18.8. The SMILES string of the molecule is C=CCOC(=O)C1C(C)=Nc2nc(SCC(C)C)[nH]c(=O)c2C1c1ccc(F)cc1. The van der Waals surface area contributed by atoms with Crippen LogP contribution in [0.2, 0.25) is 0 Å². The molecule has 0 aliphatic carbocycles. The minimum absolute atomic E-state index is 0.0466. The summed E-state index contributed by atoms with van der Waals surface area (Å²) in [5, 5.41) is 0.481. The number of hydrogen-bond acceptors (Lipinski definition) is 6. The van der Waals surface area contributed by atoms with Crippen molar-refractivity contribution >= 4 is 29.3 Å². The molecule has 2 unspecified atom stereocenters. The van der Waals surface area contributed by atoms with E-state index in [1.807, 2.05) is 0 Å². The molecular weight excluding hydrogens is 405 g/mol. The molecule has 158 valence electrons. The van der Waals surface area contributed by atoms with Gasteiger partial charge in [0.1, 0.15) is 18.3 Å². The third-order valence-corrected chi connectivity index (χ3v) is 5.97. The van der Waals surface area contributed by atoms with Crippen molar-refractivity contribution in [1.82, 2.24) is 9.97 Å². The predicted molar refractivity (Wildman–Crippen MR) is 116 cm³/mol. The van der Waals surface area contributed by atoms with E-state index in [-0.39, 0.29) is 23.5 Å². The number of nitrogens with zero attached hydrogens (tertiary/aromatic N) is 2. The monoisotopic (exact) mass is 429 g/mol. The van der Waals surface area contributed by atoms with E-state index in [4.69, 9.17) is 4.74 Å². The highest BCUT2D eigenvalue weighted by atomic mass is 32.2. The standard InChI is InChI=1S/C22H24FN3O3S/c1-5-10-29-21(28)16-13(4)24-19-18(17(16)14-6-8-15(23)9-7-14)20(27)26-22(25-19)30-11-12(2)3/h5-9,12,16-17H,1,10-11H2,2-4H3,(H,25,26,27). The molecule has 0 amide bonds. The van der Waals surface area contributed by atoms with Gasteiger partial charge in [0, 0.05) is 17.4 Å². The van der Waals surface area contributed by atoms with Gasteiger partial charge in [0.2, 0.25) is 0 Å². The summed E-state index contributed by atoms with van der Waals surface area (Å²) in [6.45, 7) is 9.47. The molecule has 30 heavy (non-hydrogen) atoms. The number of ether oxygens (including phenoxy) is 1. The molecule has 0 bridgehead atoms. The predicted octanol–water partition coefficient (Wildman–Crippen LogP) is 4.24. The average Bonchev–Trinajstić information content (AvgIpc) is 2.70. The average molecular weight is 430 g/mol. The number of halogens is 1. The third kappa shape index (κ3) is 4.70. The first kappa shape index (κ1) is 22.0. The van der Waals surface area contributed by atoms with Crippen molar-refractivity contribution in [2.45, 2.75) is 31.8 Å². The molecule has 0 radical (unpaired) electrons. The maximum absolute atomic E-state index is 13.5. The van der Waals surface area contributed by atoms with E-state index in [9.17, 15) is 14.0 Å². The molecule has 0 saturated heterocycles. The quantitative estimate of drug-likeness (QED) is 0.308. The Bertz CT molecular complexity index is 1030. The van der Waals surface area contributed by atoms with E-state index in [1.54, 1.807) is 19.1 Å². The van der Waals surface area contributed by atoms with E-state index in [2.05, 4.69) is 35.4 Å². The zero-order valence-corrected chi connectivity index (χ0v) is 18.0. The Balaban J connectivity index is 2.13. The van der Waals surface area contributed by atoms with Crippen LogP contribution < -0.4 is 5.56 Å². The summed E-state index contributed by atoms with van der Waals surface area (Å²) in [6.07, 6.45) is 1.47. The fraction of sp³-hybridized carbons (Fsp3) is 0.364. The van der Waals surface area contributed by atoms with Crippen LogP contribution in [0.4, 0.5) is 10.2 Å². The number of aliphatic imine (C=N–C) groups is 1. The number of benzene rings is 1. The maximum atomic E-state index is 13.5. The second kappa shape index (κ2) is 9.38. The molecule has 2 aromatic rings. The molecule has 2 atom stereocenters. The summed E-state index contributed by atoms with van der Waals surface area (Å²) in [6, 6.07) is 5.74. The first-order valence-corrected chi connectivity index (χ1v) is 10.7. The van der Waals surface area contributed by atoms with Crippen molar-refractivity contribution in [3.05, 3.63) is 64.2 Å². The van der Waals surface area contributed by atoms with Crippen LogP contribution in [0.15, 0.2) is 51.9 Å². The number of thioether (sulfide) groups is 1. The van der Waals surface area contributed by atoms with Crippen LogP contribution in [0.25, 0.3) is 0 Å². The molecule has 1 aromatic heterocycles. The van der Waals surface area contributed by atoms with Crippen molar-refractivity contribution in [2.75, 3.05) is 12.4 Å². The van der Waals surface area contributed by atoms with Crippen LogP contribution >= 0.6 is 11.8 Å². The van der Waals surface area contributed by atoms with Gasteiger partial charge in [-0.05, 0) is 30.5 Å². The van der Waals surface area contributed by atoms with E-state index in [1.165, 1.54) is 30.0 Å². The zero-order chi connectivity index (χ0) is 21.8. The Morgan fingerprint density at radius 2 is 2.07 bits per heavy atom. The summed E-state index contributed by atoms with van der Waals surface area (Å²) in [7, 11) is 0. The normalized spacial score (nSPS) is 18.0. The van der Waals surface area contributed by atoms with Crippen LogP contribution in [0.5, 0.6) is 0 Å². The van der Waals surface area contributed by atoms with Gasteiger partial charge in [0.15, 0.2) is 11.0 Å². The number of hydrogen-bond donors (Lipinski definition) is 1. The molecule has 0 spiro atoms. The second-order valence-corrected chi connectivity index (χ2v) is 8.50. The number of esters is 1.